The van der Waals surface area contributed by atoms with E-state index < -0.39 is 0 Å². The maximum atomic E-state index is 11.8. The monoisotopic (exact) mass is 267 g/mol. The molecule has 0 aliphatic heterocycles. The lowest BCUT2D eigenvalue weighted by atomic mass is 10.3. The summed E-state index contributed by atoms with van der Waals surface area (Å²) in [6.07, 6.45) is 3.02. The number of hydrogen-bond acceptors (Lipinski definition) is 5. The first kappa shape index (κ1) is 12.3. The Morgan fingerprint density at radius 1 is 1.50 bits per heavy atom. The van der Waals surface area contributed by atoms with Crippen molar-refractivity contribution in [2.45, 2.75) is 0 Å². The minimum atomic E-state index is -0.368. The van der Waals surface area contributed by atoms with Gasteiger partial charge in [0.05, 0.1) is 18.9 Å². The van der Waals surface area contributed by atoms with Gasteiger partial charge in [-0.15, -0.1) is 0 Å². The van der Waals surface area contributed by atoms with Crippen LogP contribution in [-0.4, -0.2) is 32.8 Å². The zero-order valence-electron chi connectivity index (χ0n) is 9.72. The Kier molecular flexibility index (Phi) is 3.42. The number of carbonyl (C=O) groups is 1. The molecule has 0 unspecified atom stereocenters. The van der Waals surface area contributed by atoms with Gasteiger partial charge >= 0.3 is 0 Å². The number of nitrogens with zero attached hydrogens (tertiary/aromatic N) is 4. The Morgan fingerprint density at radius 3 is 2.89 bits per heavy atom. The van der Waals surface area contributed by atoms with E-state index >= 15 is 0 Å². The molecule has 0 spiro atoms. The summed E-state index contributed by atoms with van der Waals surface area (Å²) >= 11 is 5.76. The molecule has 0 aliphatic carbocycles. The van der Waals surface area contributed by atoms with Crippen LogP contribution < -0.4 is 10.1 Å². The fourth-order valence-electron chi connectivity index (χ4n) is 1.27. The second-order valence-electron chi connectivity index (χ2n) is 3.41. The number of nitrogens with one attached hydrogen (secondary N) is 1. The van der Waals surface area contributed by atoms with E-state index in [4.69, 9.17) is 16.3 Å². The van der Waals surface area contributed by atoms with Gasteiger partial charge in [-0.3, -0.25) is 14.8 Å². The third kappa shape index (κ3) is 2.75. The smallest absolute Gasteiger partial charge is 0.261 e. The second kappa shape index (κ2) is 5.01. The van der Waals surface area contributed by atoms with Crippen LogP contribution in [0.2, 0.25) is 5.15 Å². The van der Waals surface area contributed by atoms with Crippen LogP contribution in [0, 0.1) is 0 Å². The van der Waals surface area contributed by atoms with Crippen LogP contribution in [0.5, 0.6) is 5.88 Å². The number of amides is 1. The molecule has 0 saturated heterocycles. The van der Waals surface area contributed by atoms with Crippen LogP contribution in [0.3, 0.4) is 0 Å². The Labute approximate surface area is 108 Å². The molecule has 0 fully saturated rings. The van der Waals surface area contributed by atoms with Gasteiger partial charge in [-0.05, 0) is 0 Å². The lowest BCUT2D eigenvalue weighted by Gasteiger charge is -2.04. The Bertz CT molecular complexity index is 583. The average molecular weight is 268 g/mol. The van der Waals surface area contributed by atoms with Crippen molar-refractivity contribution >= 4 is 23.5 Å². The number of rotatable bonds is 3. The number of hydrogen-bond donors (Lipinski definition) is 1. The highest BCUT2D eigenvalue weighted by atomic mass is 35.5. The molecule has 0 aromatic carbocycles. The van der Waals surface area contributed by atoms with Gasteiger partial charge in [0.15, 0.2) is 0 Å². The molecule has 0 saturated carbocycles. The quantitative estimate of drug-likeness (QED) is 0.843. The highest BCUT2D eigenvalue weighted by molar-refractivity contribution is 6.29. The van der Waals surface area contributed by atoms with Gasteiger partial charge in [-0.1, -0.05) is 11.6 Å². The number of halogens is 1. The molecule has 8 heteroatoms. The highest BCUT2D eigenvalue weighted by Gasteiger charge is 2.11. The van der Waals surface area contributed by atoms with Crippen LogP contribution in [0.15, 0.2) is 18.5 Å². The summed E-state index contributed by atoms with van der Waals surface area (Å²) in [5.74, 6) is -0.0166. The highest BCUT2D eigenvalue weighted by Crippen LogP contribution is 2.16. The van der Waals surface area contributed by atoms with Crippen LogP contribution in [0.25, 0.3) is 0 Å². The molecule has 0 radical (unpaired) electrons. The largest absolute Gasteiger partial charge is 0.481 e. The summed E-state index contributed by atoms with van der Waals surface area (Å²) in [6.45, 7) is 0. The number of aryl methyl sites for hydroxylation is 1. The number of ether oxygens (including phenoxy) is 1. The minimum Gasteiger partial charge on any atom is -0.481 e. The summed E-state index contributed by atoms with van der Waals surface area (Å²) in [6, 6.07) is 1.45. The second-order valence-corrected chi connectivity index (χ2v) is 3.80. The van der Waals surface area contributed by atoms with E-state index in [0.29, 0.717) is 5.56 Å². The van der Waals surface area contributed by atoms with Crippen LogP contribution in [-0.2, 0) is 7.05 Å². The predicted octanol–water partition coefficient (Wildman–Crippen LogP) is 1.12. The van der Waals surface area contributed by atoms with Gasteiger partial charge in [-0.2, -0.15) is 10.1 Å². The van der Waals surface area contributed by atoms with Gasteiger partial charge < -0.3 is 4.74 Å². The van der Waals surface area contributed by atoms with Gasteiger partial charge in [0, 0.05) is 19.3 Å². The van der Waals surface area contributed by atoms with Crippen molar-refractivity contribution in [3.63, 3.8) is 0 Å². The normalized spacial score (nSPS) is 10.2. The predicted molar refractivity (Wildman–Crippen MR) is 64.8 cm³/mol. The maximum Gasteiger partial charge on any atom is 0.261 e. The molecule has 1 N–H and O–H groups in total. The van der Waals surface area contributed by atoms with E-state index in [1.165, 1.54) is 24.1 Å². The SMILES string of the molecule is COc1cc(Cl)nc(NC(=O)c2cnn(C)c2)n1. The van der Waals surface area contributed by atoms with Crippen molar-refractivity contribution in [2.24, 2.45) is 7.05 Å². The Morgan fingerprint density at radius 2 is 2.28 bits per heavy atom. The topological polar surface area (TPSA) is 81.9 Å². The van der Waals surface area contributed by atoms with E-state index in [-0.39, 0.29) is 22.9 Å². The molecule has 1 amide bonds. The molecule has 2 aromatic heterocycles. The molecule has 0 atom stereocenters. The first-order valence-electron chi connectivity index (χ1n) is 4.97. The fraction of sp³-hybridized carbons (Fsp3) is 0.200. The molecule has 18 heavy (non-hydrogen) atoms. The number of carbonyl (C=O) groups excluding carboxylic acids is 1. The maximum absolute atomic E-state index is 11.8. The summed E-state index contributed by atoms with van der Waals surface area (Å²) < 4.78 is 6.45. The zero-order chi connectivity index (χ0) is 13.1. The van der Waals surface area contributed by atoms with Gasteiger partial charge in [0.25, 0.3) is 5.91 Å². The first-order chi connectivity index (χ1) is 8.58. The van der Waals surface area contributed by atoms with Crippen molar-refractivity contribution in [3.8, 4) is 5.88 Å². The fourth-order valence-corrected chi connectivity index (χ4v) is 1.44. The van der Waals surface area contributed by atoms with E-state index in [2.05, 4.69) is 20.4 Å². The third-order valence-electron chi connectivity index (χ3n) is 2.07. The molecular weight excluding hydrogens is 258 g/mol. The van der Waals surface area contributed by atoms with Crippen molar-refractivity contribution in [1.29, 1.82) is 0 Å². The van der Waals surface area contributed by atoms with Crippen molar-refractivity contribution in [1.82, 2.24) is 19.7 Å². The zero-order valence-corrected chi connectivity index (χ0v) is 10.5. The molecule has 2 heterocycles. The van der Waals surface area contributed by atoms with E-state index in [9.17, 15) is 4.79 Å². The average Bonchev–Trinajstić information content (AvgIpc) is 2.75. The molecule has 94 valence electrons. The minimum absolute atomic E-state index is 0.0770. The number of anilines is 1. The molecule has 0 aliphatic rings. The Balaban J connectivity index is 2.18. The van der Waals surface area contributed by atoms with Crippen LogP contribution in [0.4, 0.5) is 5.95 Å². The summed E-state index contributed by atoms with van der Waals surface area (Å²) in [7, 11) is 3.17. The lowest BCUT2D eigenvalue weighted by molar-refractivity contribution is 0.102. The molecule has 7 nitrogen and oxygen atoms in total. The van der Waals surface area contributed by atoms with Gasteiger partial charge in [-0.25, -0.2) is 4.98 Å². The number of aromatic nitrogens is 4. The van der Waals surface area contributed by atoms with Crippen molar-refractivity contribution in [3.05, 3.63) is 29.2 Å². The molecule has 2 rings (SSSR count). The van der Waals surface area contributed by atoms with Crippen molar-refractivity contribution < 1.29 is 9.53 Å². The molecular formula is C10H10ClN5O2. The first-order valence-corrected chi connectivity index (χ1v) is 5.35. The third-order valence-corrected chi connectivity index (χ3v) is 2.27. The van der Waals surface area contributed by atoms with Gasteiger partial charge in [0.1, 0.15) is 5.15 Å². The molecule has 0 bridgehead atoms. The summed E-state index contributed by atoms with van der Waals surface area (Å²) in [5.41, 5.74) is 0.403. The van der Waals surface area contributed by atoms with E-state index in [0.717, 1.165) is 0 Å². The van der Waals surface area contributed by atoms with Crippen LogP contribution >= 0.6 is 11.6 Å². The lowest BCUT2D eigenvalue weighted by Crippen LogP contribution is -2.14. The summed E-state index contributed by atoms with van der Waals surface area (Å²) in [4.78, 5) is 19.6. The van der Waals surface area contributed by atoms with Gasteiger partial charge in [0.2, 0.25) is 11.8 Å². The number of methoxy groups -OCH3 is 1. The van der Waals surface area contributed by atoms with E-state index in [1.54, 1.807) is 13.2 Å². The Hall–Kier alpha value is -2.15. The van der Waals surface area contributed by atoms with Crippen LogP contribution in [0.1, 0.15) is 10.4 Å². The molecule has 2 aromatic rings. The summed E-state index contributed by atoms with van der Waals surface area (Å²) in [5, 5.41) is 6.59. The standard InChI is InChI=1S/C10H10ClN5O2/c1-16-5-6(4-12-16)9(17)15-10-13-7(11)3-8(14-10)18-2/h3-5H,1-2H3,(H,13,14,15,17). The van der Waals surface area contributed by atoms with E-state index in [1.807, 2.05) is 0 Å². The van der Waals surface area contributed by atoms with Crippen molar-refractivity contribution in [2.75, 3.05) is 12.4 Å².